The van der Waals surface area contributed by atoms with Crippen LogP contribution in [0.1, 0.15) is 72.8 Å². The monoisotopic (exact) mass is 797 g/mol. The quantitative estimate of drug-likeness (QED) is 0.122. The number of likely N-dealkylation sites (N-methyl/N-ethyl adjacent to an activating group) is 1. The number of ether oxygens (including phenoxy) is 3. The molecule has 0 aliphatic carbocycles. The molecule has 4 amide bonds. The molecule has 0 bridgehead atoms. The van der Waals surface area contributed by atoms with E-state index in [-0.39, 0.29) is 42.0 Å². The summed E-state index contributed by atoms with van der Waals surface area (Å²) in [6, 6.07) is 11.9. The Kier molecular flexibility index (Phi) is 17.0. The number of nitrogens with one attached hydrogen (secondary N) is 2. The first-order valence-corrected chi connectivity index (χ1v) is 19.3. The SMILES string of the molecule is CC[C@H](C)[C@@H]([C@@H](CC(=O)N1CCC[C@H]1[C@H](OC)[C@@H](C)C(=O)N[C@@](C)(Cc1ccccc1)C(=O)O)OC)N(C)C(=O)[C@@H](NC(=O)Oc1ccc([N+](=O)[O-])cc1)C(C)C. The number of non-ortho nitro benzene ring substituents is 1. The van der Waals surface area contributed by atoms with Gasteiger partial charge in [-0.3, -0.25) is 24.5 Å². The van der Waals surface area contributed by atoms with Crippen LogP contribution in [-0.2, 0) is 35.1 Å². The maximum Gasteiger partial charge on any atom is 0.413 e. The van der Waals surface area contributed by atoms with E-state index in [9.17, 15) is 39.2 Å². The van der Waals surface area contributed by atoms with Gasteiger partial charge in [0.2, 0.25) is 17.7 Å². The third kappa shape index (κ3) is 12.0. The Morgan fingerprint density at radius 2 is 1.65 bits per heavy atom. The summed E-state index contributed by atoms with van der Waals surface area (Å²) < 4.78 is 17.1. The van der Waals surface area contributed by atoms with Gasteiger partial charge in [0.1, 0.15) is 17.3 Å². The van der Waals surface area contributed by atoms with Crippen LogP contribution in [0.2, 0.25) is 0 Å². The van der Waals surface area contributed by atoms with Crippen LogP contribution in [0.15, 0.2) is 54.6 Å². The zero-order chi connectivity index (χ0) is 42.6. The highest BCUT2D eigenvalue weighted by molar-refractivity contribution is 5.89. The number of hydrogen-bond acceptors (Lipinski definition) is 10. The van der Waals surface area contributed by atoms with E-state index >= 15 is 0 Å². The van der Waals surface area contributed by atoms with Crippen molar-refractivity contribution in [1.82, 2.24) is 20.4 Å². The number of methoxy groups -OCH3 is 2. The van der Waals surface area contributed by atoms with Gasteiger partial charge in [0.05, 0.1) is 41.6 Å². The second-order valence-corrected chi connectivity index (χ2v) is 15.4. The number of amides is 4. The van der Waals surface area contributed by atoms with Gasteiger partial charge in [0.15, 0.2) is 0 Å². The second-order valence-electron chi connectivity index (χ2n) is 15.4. The molecule has 1 aliphatic rings. The van der Waals surface area contributed by atoms with Gasteiger partial charge in [-0.25, -0.2) is 9.59 Å². The van der Waals surface area contributed by atoms with Gasteiger partial charge in [0.25, 0.3) is 5.69 Å². The molecular weight excluding hydrogens is 738 g/mol. The van der Waals surface area contributed by atoms with Crippen LogP contribution in [0.3, 0.4) is 0 Å². The number of carbonyl (C=O) groups excluding carboxylic acids is 4. The molecule has 16 nitrogen and oxygen atoms in total. The van der Waals surface area contributed by atoms with E-state index in [1.165, 1.54) is 50.3 Å². The Morgan fingerprint density at radius 1 is 1.02 bits per heavy atom. The highest BCUT2D eigenvalue weighted by Crippen LogP contribution is 2.30. The van der Waals surface area contributed by atoms with E-state index in [2.05, 4.69) is 10.6 Å². The number of hydrogen-bond donors (Lipinski definition) is 3. The molecule has 314 valence electrons. The number of carbonyl (C=O) groups is 5. The Balaban J connectivity index is 1.76. The van der Waals surface area contributed by atoms with Gasteiger partial charge < -0.3 is 39.8 Å². The van der Waals surface area contributed by atoms with Crippen molar-refractivity contribution in [3.63, 3.8) is 0 Å². The Bertz CT molecular complexity index is 1690. The molecule has 0 saturated carbocycles. The predicted octanol–water partition coefficient (Wildman–Crippen LogP) is 4.83. The van der Waals surface area contributed by atoms with Gasteiger partial charge in [-0.2, -0.15) is 0 Å². The van der Waals surface area contributed by atoms with Crippen molar-refractivity contribution in [3.8, 4) is 5.75 Å². The zero-order valence-corrected chi connectivity index (χ0v) is 34.4. The van der Waals surface area contributed by atoms with Crippen molar-refractivity contribution in [2.45, 2.75) is 110 Å². The van der Waals surface area contributed by atoms with Crippen molar-refractivity contribution in [1.29, 1.82) is 0 Å². The van der Waals surface area contributed by atoms with E-state index in [0.29, 0.717) is 25.8 Å². The summed E-state index contributed by atoms with van der Waals surface area (Å²) in [5.41, 5.74) is -1.01. The number of aliphatic carboxylic acids is 1. The molecule has 1 heterocycles. The second kappa shape index (κ2) is 20.9. The number of nitro benzene ring substituents is 1. The number of carboxylic acid groups (broad SMARTS) is 1. The fourth-order valence-corrected chi connectivity index (χ4v) is 7.50. The Hall–Kier alpha value is -5.09. The molecule has 0 aromatic heterocycles. The largest absolute Gasteiger partial charge is 0.480 e. The zero-order valence-electron chi connectivity index (χ0n) is 34.4. The summed E-state index contributed by atoms with van der Waals surface area (Å²) in [6.07, 6.45) is -0.569. The fraction of sp³-hybridized carbons (Fsp3) is 0.585. The van der Waals surface area contributed by atoms with Crippen LogP contribution in [0.25, 0.3) is 0 Å². The molecule has 57 heavy (non-hydrogen) atoms. The standard InChI is InChI=1S/C41H59N5O11/c1-10-26(4)35(44(7)38(49)34(25(2)3)42-40(52)57-30-20-18-29(19-21-30)46(53)54)32(55-8)23-33(47)45-22-14-17-31(45)36(56-9)27(5)37(48)43-41(6,39(50)51)24-28-15-12-11-13-16-28/h11-13,15-16,18-21,25-27,31-32,34-36H,10,14,17,22-24H2,1-9H3,(H,42,52)(H,43,48)(H,50,51)/t26-,27+,31-,32+,34-,35-,36+,41-/m0/s1. The summed E-state index contributed by atoms with van der Waals surface area (Å²) in [7, 11) is 4.55. The Morgan fingerprint density at radius 3 is 2.18 bits per heavy atom. The van der Waals surface area contributed by atoms with Crippen molar-refractivity contribution < 1.29 is 48.2 Å². The molecule has 0 unspecified atom stereocenters. The van der Waals surface area contributed by atoms with Crippen LogP contribution in [0.5, 0.6) is 5.75 Å². The van der Waals surface area contributed by atoms with Crippen LogP contribution in [0.4, 0.5) is 10.5 Å². The molecule has 2 aromatic carbocycles. The van der Waals surface area contributed by atoms with E-state index in [1.807, 2.05) is 19.9 Å². The van der Waals surface area contributed by atoms with E-state index in [4.69, 9.17) is 14.2 Å². The van der Waals surface area contributed by atoms with Crippen LogP contribution in [-0.4, -0.2) is 113 Å². The summed E-state index contributed by atoms with van der Waals surface area (Å²) in [6.45, 7) is 11.0. The minimum atomic E-state index is -1.59. The van der Waals surface area contributed by atoms with Crippen LogP contribution in [0, 0.1) is 27.9 Å². The third-order valence-electron chi connectivity index (χ3n) is 11.0. The molecule has 0 radical (unpaired) electrons. The molecule has 3 N–H and O–H groups in total. The lowest BCUT2D eigenvalue weighted by atomic mass is 9.89. The van der Waals surface area contributed by atoms with Crippen molar-refractivity contribution >= 4 is 35.5 Å². The maximum absolute atomic E-state index is 14.2. The summed E-state index contributed by atoms with van der Waals surface area (Å²) >= 11 is 0. The van der Waals surface area contributed by atoms with Gasteiger partial charge in [-0.15, -0.1) is 0 Å². The predicted molar refractivity (Wildman–Crippen MR) is 211 cm³/mol. The summed E-state index contributed by atoms with van der Waals surface area (Å²) in [5, 5.41) is 26.5. The Labute approximate surface area is 334 Å². The molecule has 8 atom stereocenters. The van der Waals surface area contributed by atoms with E-state index in [1.54, 1.807) is 57.0 Å². The number of nitro groups is 1. The normalized spacial score (nSPS) is 18.3. The number of nitrogens with zero attached hydrogens (tertiary/aromatic N) is 3. The van der Waals surface area contributed by atoms with Crippen molar-refractivity contribution in [2.24, 2.45) is 17.8 Å². The highest BCUT2D eigenvalue weighted by Gasteiger charge is 2.44. The molecule has 1 fully saturated rings. The first-order chi connectivity index (χ1) is 26.9. The summed E-state index contributed by atoms with van der Waals surface area (Å²) in [5.74, 6) is -3.63. The fourth-order valence-electron chi connectivity index (χ4n) is 7.50. The number of carboxylic acids is 1. The van der Waals surface area contributed by atoms with Gasteiger partial charge >= 0.3 is 12.1 Å². The molecule has 0 spiro atoms. The average molecular weight is 798 g/mol. The molecule has 16 heteroatoms. The van der Waals surface area contributed by atoms with Gasteiger partial charge in [-0.05, 0) is 49.3 Å². The topological polar surface area (TPSA) is 207 Å². The number of benzene rings is 2. The van der Waals surface area contributed by atoms with Gasteiger partial charge in [0, 0.05) is 46.4 Å². The lowest BCUT2D eigenvalue weighted by Gasteiger charge is -2.40. The van der Waals surface area contributed by atoms with Gasteiger partial charge in [-0.1, -0.05) is 71.4 Å². The molecule has 1 saturated heterocycles. The van der Waals surface area contributed by atoms with Crippen molar-refractivity contribution in [2.75, 3.05) is 27.8 Å². The maximum atomic E-state index is 14.2. The number of likely N-dealkylation sites (tertiary alicyclic amines) is 1. The first kappa shape index (κ1) is 46.3. The lowest BCUT2D eigenvalue weighted by Crippen LogP contribution is -2.58. The minimum absolute atomic E-state index is 0.0598. The molecule has 1 aliphatic heterocycles. The van der Waals surface area contributed by atoms with Crippen LogP contribution >= 0.6 is 0 Å². The highest BCUT2D eigenvalue weighted by atomic mass is 16.6. The molecule has 3 rings (SSSR count). The van der Waals surface area contributed by atoms with E-state index in [0.717, 1.165) is 5.56 Å². The minimum Gasteiger partial charge on any atom is -0.480 e. The lowest BCUT2D eigenvalue weighted by molar-refractivity contribution is -0.384. The average Bonchev–Trinajstić information content (AvgIpc) is 3.66. The molecular formula is C41H59N5O11. The van der Waals surface area contributed by atoms with Crippen molar-refractivity contribution in [3.05, 3.63) is 70.3 Å². The first-order valence-electron chi connectivity index (χ1n) is 19.3. The van der Waals surface area contributed by atoms with Crippen LogP contribution < -0.4 is 15.4 Å². The smallest absolute Gasteiger partial charge is 0.413 e. The third-order valence-corrected chi connectivity index (χ3v) is 11.0. The summed E-state index contributed by atoms with van der Waals surface area (Å²) in [4.78, 5) is 80.9. The number of rotatable bonds is 20. The molecule has 2 aromatic rings. The van der Waals surface area contributed by atoms with E-state index < -0.39 is 70.6 Å².